The molecular formula is C14H17N3O. The van der Waals surface area contributed by atoms with Gasteiger partial charge in [-0.15, -0.1) is 0 Å². The molecule has 0 radical (unpaired) electrons. The number of carbonyl (C=O) groups excluding carboxylic acids is 1. The fourth-order valence-electron chi connectivity index (χ4n) is 2.27. The molecule has 0 aliphatic heterocycles. The highest BCUT2D eigenvalue weighted by Gasteiger charge is 2.46. The second-order valence-corrected chi connectivity index (χ2v) is 4.98. The fourth-order valence-corrected chi connectivity index (χ4v) is 2.27. The standard InChI is InChI=1S/C14H17N3O/c1-11-5-3-6-12(16-11)9-17(2)13(18)14(10-15)7-4-8-14/h3,5-6H,4,7-9H2,1-2H3. The van der Waals surface area contributed by atoms with Gasteiger partial charge in [0.15, 0.2) is 0 Å². The van der Waals surface area contributed by atoms with Crippen LogP contribution in [-0.4, -0.2) is 22.8 Å². The average Bonchev–Trinajstić information content (AvgIpc) is 2.28. The Morgan fingerprint density at radius 1 is 1.56 bits per heavy atom. The maximum Gasteiger partial charge on any atom is 0.243 e. The third-order valence-electron chi connectivity index (χ3n) is 3.52. The molecule has 0 unspecified atom stereocenters. The van der Waals surface area contributed by atoms with E-state index in [1.54, 1.807) is 11.9 Å². The van der Waals surface area contributed by atoms with Gasteiger partial charge in [-0.25, -0.2) is 0 Å². The highest BCUT2D eigenvalue weighted by molar-refractivity contribution is 5.86. The van der Waals surface area contributed by atoms with Crippen LogP contribution in [0.15, 0.2) is 18.2 Å². The lowest BCUT2D eigenvalue weighted by Gasteiger charge is -2.36. The quantitative estimate of drug-likeness (QED) is 0.816. The molecule has 94 valence electrons. The van der Waals surface area contributed by atoms with Gasteiger partial charge in [0, 0.05) is 12.7 Å². The molecule has 1 aliphatic rings. The average molecular weight is 243 g/mol. The number of carbonyl (C=O) groups is 1. The molecule has 4 nitrogen and oxygen atoms in total. The van der Waals surface area contributed by atoms with Crippen LogP contribution >= 0.6 is 0 Å². The Kier molecular flexibility index (Phi) is 3.33. The summed E-state index contributed by atoms with van der Waals surface area (Å²) >= 11 is 0. The highest BCUT2D eigenvalue weighted by Crippen LogP contribution is 2.41. The lowest BCUT2D eigenvalue weighted by atomic mass is 9.69. The van der Waals surface area contributed by atoms with Crippen LogP contribution in [0, 0.1) is 23.7 Å². The molecular weight excluding hydrogens is 226 g/mol. The molecule has 18 heavy (non-hydrogen) atoms. The van der Waals surface area contributed by atoms with Crippen molar-refractivity contribution in [3.05, 3.63) is 29.6 Å². The molecule has 1 amide bonds. The number of hydrogen-bond acceptors (Lipinski definition) is 3. The number of nitriles is 1. The lowest BCUT2D eigenvalue weighted by Crippen LogP contribution is -2.45. The first-order valence-corrected chi connectivity index (χ1v) is 6.17. The molecule has 1 aromatic rings. The zero-order chi connectivity index (χ0) is 13.2. The molecule has 0 spiro atoms. The molecule has 0 bridgehead atoms. The van der Waals surface area contributed by atoms with E-state index >= 15 is 0 Å². The van der Waals surface area contributed by atoms with Crippen LogP contribution in [0.1, 0.15) is 30.7 Å². The second-order valence-electron chi connectivity index (χ2n) is 4.98. The maximum absolute atomic E-state index is 12.2. The molecule has 2 rings (SSSR count). The molecule has 0 saturated heterocycles. The maximum atomic E-state index is 12.2. The van der Waals surface area contributed by atoms with E-state index in [0.717, 1.165) is 17.8 Å². The van der Waals surface area contributed by atoms with E-state index in [0.29, 0.717) is 19.4 Å². The number of nitrogens with zero attached hydrogens (tertiary/aromatic N) is 3. The Morgan fingerprint density at radius 2 is 2.28 bits per heavy atom. The smallest absolute Gasteiger partial charge is 0.243 e. The van der Waals surface area contributed by atoms with Gasteiger partial charge in [-0.05, 0) is 38.3 Å². The monoisotopic (exact) mass is 243 g/mol. The van der Waals surface area contributed by atoms with Crippen molar-refractivity contribution < 1.29 is 4.79 Å². The van der Waals surface area contributed by atoms with E-state index in [1.807, 2.05) is 25.1 Å². The summed E-state index contributed by atoms with van der Waals surface area (Å²) in [5, 5.41) is 9.15. The molecule has 1 fully saturated rings. The van der Waals surface area contributed by atoms with Crippen molar-refractivity contribution in [2.24, 2.45) is 5.41 Å². The summed E-state index contributed by atoms with van der Waals surface area (Å²) in [6, 6.07) is 7.94. The number of amides is 1. The number of aryl methyl sites for hydroxylation is 1. The Hall–Kier alpha value is -1.89. The van der Waals surface area contributed by atoms with Gasteiger partial charge in [-0.2, -0.15) is 5.26 Å². The lowest BCUT2D eigenvalue weighted by molar-refractivity contribution is -0.142. The largest absolute Gasteiger partial charge is 0.338 e. The SMILES string of the molecule is Cc1cccc(CN(C)C(=O)C2(C#N)CCC2)n1. The third-order valence-corrected chi connectivity index (χ3v) is 3.52. The van der Waals surface area contributed by atoms with Crippen LogP contribution in [0.4, 0.5) is 0 Å². The fraction of sp³-hybridized carbons (Fsp3) is 0.500. The van der Waals surface area contributed by atoms with Gasteiger partial charge in [0.1, 0.15) is 5.41 Å². The van der Waals surface area contributed by atoms with Gasteiger partial charge in [0.25, 0.3) is 0 Å². The van der Waals surface area contributed by atoms with Crippen LogP contribution in [0.5, 0.6) is 0 Å². The molecule has 1 heterocycles. The second kappa shape index (κ2) is 4.77. The summed E-state index contributed by atoms with van der Waals surface area (Å²) < 4.78 is 0. The summed E-state index contributed by atoms with van der Waals surface area (Å²) in [6.45, 7) is 2.39. The Morgan fingerprint density at radius 3 is 2.78 bits per heavy atom. The van der Waals surface area contributed by atoms with Crippen LogP contribution in [0.25, 0.3) is 0 Å². The number of pyridine rings is 1. The normalized spacial score (nSPS) is 16.5. The Balaban J connectivity index is 2.06. The zero-order valence-electron chi connectivity index (χ0n) is 10.8. The first-order valence-electron chi connectivity index (χ1n) is 6.17. The van der Waals surface area contributed by atoms with Crippen molar-refractivity contribution in [2.45, 2.75) is 32.7 Å². The van der Waals surface area contributed by atoms with E-state index in [2.05, 4.69) is 11.1 Å². The van der Waals surface area contributed by atoms with E-state index in [9.17, 15) is 4.79 Å². The van der Waals surface area contributed by atoms with E-state index in [4.69, 9.17) is 5.26 Å². The van der Waals surface area contributed by atoms with E-state index < -0.39 is 5.41 Å². The van der Waals surface area contributed by atoms with E-state index in [1.165, 1.54) is 0 Å². The highest BCUT2D eigenvalue weighted by atomic mass is 16.2. The van der Waals surface area contributed by atoms with Crippen molar-refractivity contribution in [1.82, 2.24) is 9.88 Å². The van der Waals surface area contributed by atoms with Crippen molar-refractivity contribution >= 4 is 5.91 Å². The number of rotatable bonds is 3. The van der Waals surface area contributed by atoms with Crippen LogP contribution in [0.2, 0.25) is 0 Å². The molecule has 1 aromatic heterocycles. The summed E-state index contributed by atoms with van der Waals surface area (Å²) in [7, 11) is 1.74. The molecule has 0 atom stereocenters. The first kappa shape index (κ1) is 12.6. The predicted octanol–water partition coefficient (Wildman–Crippen LogP) is 2.04. The first-order chi connectivity index (χ1) is 8.57. The minimum absolute atomic E-state index is 0.0699. The molecule has 1 saturated carbocycles. The summed E-state index contributed by atoms with van der Waals surface area (Å²) in [5.41, 5.74) is 1.03. The van der Waals surface area contributed by atoms with Gasteiger partial charge < -0.3 is 4.90 Å². The van der Waals surface area contributed by atoms with Gasteiger partial charge >= 0.3 is 0 Å². The van der Waals surface area contributed by atoms with Crippen molar-refractivity contribution in [3.63, 3.8) is 0 Å². The molecule has 0 aromatic carbocycles. The predicted molar refractivity (Wildman–Crippen MR) is 67.3 cm³/mol. The minimum atomic E-state index is -0.765. The molecule has 1 aliphatic carbocycles. The van der Waals surface area contributed by atoms with Gasteiger partial charge in [0.05, 0.1) is 18.3 Å². The van der Waals surface area contributed by atoms with Crippen molar-refractivity contribution in [1.29, 1.82) is 5.26 Å². The molecule has 0 N–H and O–H groups in total. The topological polar surface area (TPSA) is 57.0 Å². The number of hydrogen-bond donors (Lipinski definition) is 0. The molecule has 4 heteroatoms. The summed E-state index contributed by atoms with van der Waals surface area (Å²) in [6.07, 6.45) is 2.34. The van der Waals surface area contributed by atoms with Crippen LogP contribution in [0.3, 0.4) is 0 Å². The summed E-state index contributed by atoms with van der Waals surface area (Å²) in [5.74, 6) is -0.0699. The van der Waals surface area contributed by atoms with Crippen molar-refractivity contribution in [3.8, 4) is 6.07 Å². The number of aromatic nitrogens is 1. The minimum Gasteiger partial charge on any atom is -0.338 e. The van der Waals surface area contributed by atoms with Crippen LogP contribution < -0.4 is 0 Å². The summed E-state index contributed by atoms with van der Waals surface area (Å²) in [4.78, 5) is 18.2. The Bertz CT molecular complexity index is 500. The van der Waals surface area contributed by atoms with Gasteiger partial charge in [0.2, 0.25) is 5.91 Å². The van der Waals surface area contributed by atoms with Crippen LogP contribution in [-0.2, 0) is 11.3 Å². The third kappa shape index (κ3) is 2.21. The van der Waals surface area contributed by atoms with E-state index in [-0.39, 0.29) is 5.91 Å². The van der Waals surface area contributed by atoms with Crippen molar-refractivity contribution in [2.75, 3.05) is 7.05 Å². The van der Waals surface area contributed by atoms with Gasteiger partial charge in [-0.3, -0.25) is 9.78 Å². The zero-order valence-corrected chi connectivity index (χ0v) is 10.8. The Labute approximate surface area is 107 Å². The van der Waals surface area contributed by atoms with Gasteiger partial charge in [-0.1, -0.05) is 6.07 Å².